The van der Waals surface area contributed by atoms with Crippen molar-refractivity contribution < 1.29 is 0 Å². The Morgan fingerprint density at radius 2 is 1.57 bits per heavy atom. The number of hydrogen-bond donors (Lipinski definition) is 0. The molecule has 0 spiro atoms. The Morgan fingerprint density at radius 1 is 0.870 bits per heavy atom. The highest BCUT2D eigenvalue weighted by molar-refractivity contribution is 9.10. The lowest BCUT2D eigenvalue weighted by atomic mass is 10.2. The van der Waals surface area contributed by atoms with E-state index in [9.17, 15) is 0 Å². The number of piperazine rings is 1. The average Bonchev–Trinajstić information content (AvgIpc) is 2.57. The largest absolute Gasteiger partial charge is 0.368 e. The number of nitrogens with zero attached hydrogens (tertiary/aromatic N) is 4. The van der Waals surface area contributed by atoms with E-state index in [2.05, 4.69) is 31.2 Å². The molecular formula is C16H15BrCl2N4. The van der Waals surface area contributed by atoms with E-state index in [4.69, 9.17) is 23.2 Å². The van der Waals surface area contributed by atoms with Gasteiger partial charge in [0.2, 0.25) is 0 Å². The van der Waals surface area contributed by atoms with Gasteiger partial charge in [0, 0.05) is 23.2 Å². The minimum absolute atomic E-state index is 0.581. The summed E-state index contributed by atoms with van der Waals surface area (Å²) >= 11 is 15.5. The molecule has 1 saturated heterocycles. The highest BCUT2D eigenvalue weighted by atomic mass is 79.9. The van der Waals surface area contributed by atoms with Gasteiger partial charge in [-0.3, -0.25) is 5.01 Å². The van der Waals surface area contributed by atoms with E-state index in [1.807, 2.05) is 47.5 Å². The van der Waals surface area contributed by atoms with Gasteiger partial charge in [0.05, 0.1) is 28.8 Å². The zero-order valence-electron chi connectivity index (χ0n) is 12.3. The second-order valence-corrected chi connectivity index (χ2v) is 6.94. The monoisotopic (exact) mass is 412 g/mol. The molecular weight excluding hydrogens is 399 g/mol. The normalized spacial score (nSPS) is 15.4. The van der Waals surface area contributed by atoms with Crippen LogP contribution >= 0.6 is 39.1 Å². The van der Waals surface area contributed by atoms with Gasteiger partial charge >= 0.3 is 0 Å². The number of anilines is 1. The van der Waals surface area contributed by atoms with Crippen LogP contribution in [-0.4, -0.2) is 31.2 Å². The van der Waals surface area contributed by atoms with Gasteiger partial charge in [-0.2, -0.15) is 0 Å². The fourth-order valence-electron chi connectivity index (χ4n) is 2.35. The summed E-state index contributed by atoms with van der Waals surface area (Å²) in [5.41, 5.74) is 1.93. The van der Waals surface area contributed by atoms with E-state index in [0.717, 1.165) is 42.0 Å². The van der Waals surface area contributed by atoms with Crippen LogP contribution < -0.4 is 4.90 Å². The second-order valence-electron chi connectivity index (χ2n) is 5.20. The van der Waals surface area contributed by atoms with E-state index in [1.165, 1.54) is 0 Å². The molecule has 0 amide bonds. The van der Waals surface area contributed by atoms with Crippen LogP contribution in [0.15, 0.2) is 57.3 Å². The molecule has 1 heterocycles. The lowest BCUT2D eigenvalue weighted by Gasteiger charge is -2.34. The minimum Gasteiger partial charge on any atom is -0.368 e. The molecule has 0 atom stereocenters. The van der Waals surface area contributed by atoms with Crippen LogP contribution in [0.25, 0.3) is 0 Å². The maximum atomic E-state index is 6.08. The Bertz CT molecular complexity index is 698. The zero-order chi connectivity index (χ0) is 16.2. The molecule has 0 radical (unpaired) electrons. The van der Waals surface area contributed by atoms with Gasteiger partial charge < -0.3 is 4.90 Å². The molecule has 0 bridgehead atoms. The van der Waals surface area contributed by atoms with Crippen molar-refractivity contribution in [2.45, 2.75) is 0 Å². The predicted octanol–water partition coefficient (Wildman–Crippen LogP) is 5.58. The van der Waals surface area contributed by atoms with Gasteiger partial charge in [-0.25, -0.2) is 0 Å². The first-order valence-corrected chi connectivity index (χ1v) is 8.79. The van der Waals surface area contributed by atoms with Crippen molar-refractivity contribution in [1.29, 1.82) is 0 Å². The van der Waals surface area contributed by atoms with Gasteiger partial charge in [-0.1, -0.05) is 44.4 Å². The lowest BCUT2D eigenvalue weighted by Crippen LogP contribution is -2.43. The maximum absolute atomic E-state index is 6.08. The Balaban J connectivity index is 1.57. The third-order valence-corrected chi connectivity index (χ3v) is 4.91. The topological polar surface area (TPSA) is 31.2 Å². The van der Waals surface area contributed by atoms with Crippen LogP contribution in [0.1, 0.15) is 0 Å². The van der Waals surface area contributed by atoms with Crippen molar-refractivity contribution in [3.8, 4) is 0 Å². The fraction of sp³-hybridized carbons (Fsp3) is 0.250. The standard InChI is InChI=1S/C16H15BrCl2N4/c17-12-1-3-13(4-2-12)20-21-23-9-7-22(8-10-23)14-5-6-15(18)16(19)11-14/h1-6,11H,7-10H2. The Kier molecular flexibility index (Phi) is 5.41. The number of hydrogen-bond acceptors (Lipinski definition) is 3. The lowest BCUT2D eigenvalue weighted by molar-refractivity contribution is 0.254. The Hall–Kier alpha value is -1.30. The van der Waals surface area contributed by atoms with Crippen LogP contribution in [0.2, 0.25) is 10.0 Å². The van der Waals surface area contributed by atoms with Gasteiger partial charge in [-0.05, 0) is 42.5 Å². The number of rotatable bonds is 3. The zero-order valence-corrected chi connectivity index (χ0v) is 15.4. The summed E-state index contributed by atoms with van der Waals surface area (Å²) in [5, 5.41) is 11.7. The molecule has 1 aliphatic heterocycles. The van der Waals surface area contributed by atoms with Gasteiger partial charge in [0.1, 0.15) is 0 Å². The quantitative estimate of drug-likeness (QED) is 0.615. The number of halogens is 3. The molecule has 0 aromatic heterocycles. The molecule has 1 aliphatic rings. The second kappa shape index (κ2) is 7.51. The molecule has 0 N–H and O–H groups in total. The summed E-state index contributed by atoms with van der Waals surface area (Å²) in [5.74, 6) is 0. The average molecular weight is 414 g/mol. The van der Waals surface area contributed by atoms with Crippen molar-refractivity contribution >= 4 is 50.5 Å². The molecule has 4 nitrogen and oxygen atoms in total. The summed E-state index contributed by atoms with van der Waals surface area (Å²) in [6.07, 6.45) is 0. The van der Waals surface area contributed by atoms with Crippen LogP contribution in [0, 0.1) is 0 Å². The van der Waals surface area contributed by atoms with E-state index in [1.54, 1.807) is 0 Å². The number of benzene rings is 2. The summed E-state index contributed by atoms with van der Waals surface area (Å²) in [7, 11) is 0. The first kappa shape index (κ1) is 16.6. The molecule has 0 aliphatic carbocycles. The summed E-state index contributed by atoms with van der Waals surface area (Å²) in [6.45, 7) is 3.38. The van der Waals surface area contributed by atoms with E-state index >= 15 is 0 Å². The van der Waals surface area contributed by atoms with Crippen molar-refractivity contribution in [2.24, 2.45) is 10.3 Å². The molecule has 2 aromatic rings. The van der Waals surface area contributed by atoms with Crippen molar-refractivity contribution in [3.63, 3.8) is 0 Å². The van der Waals surface area contributed by atoms with E-state index < -0.39 is 0 Å². The SMILES string of the molecule is Clc1ccc(N2CCN(N=Nc3ccc(Br)cc3)CC2)cc1Cl. The first-order valence-electron chi connectivity index (χ1n) is 7.24. The maximum Gasteiger partial charge on any atom is 0.0875 e. The molecule has 2 aromatic carbocycles. The predicted molar refractivity (Wildman–Crippen MR) is 98.9 cm³/mol. The molecule has 0 unspecified atom stereocenters. The first-order chi connectivity index (χ1) is 11.1. The van der Waals surface area contributed by atoms with Gasteiger partial charge in [0.15, 0.2) is 0 Å². The van der Waals surface area contributed by atoms with Crippen molar-refractivity contribution in [3.05, 3.63) is 57.0 Å². The van der Waals surface area contributed by atoms with Gasteiger partial charge in [0.25, 0.3) is 0 Å². The highest BCUT2D eigenvalue weighted by Gasteiger charge is 2.16. The van der Waals surface area contributed by atoms with Crippen LogP contribution in [-0.2, 0) is 0 Å². The molecule has 1 fully saturated rings. The third kappa shape index (κ3) is 4.37. The Morgan fingerprint density at radius 3 is 2.22 bits per heavy atom. The summed E-state index contributed by atoms with van der Waals surface area (Å²) in [6, 6.07) is 13.5. The fourth-order valence-corrected chi connectivity index (χ4v) is 2.90. The molecule has 0 saturated carbocycles. The summed E-state index contributed by atoms with van der Waals surface area (Å²) in [4.78, 5) is 2.27. The van der Waals surface area contributed by atoms with Crippen molar-refractivity contribution in [1.82, 2.24) is 5.01 Å². The van der Waals surface area contributed by atoms with Crippen LogP contribution in [0.3, 0.4) is 0 Å². The Labute approximate surface area is 153 Å². The molecule has 7 heteroatoms. The van der Waals surface area contributed by atoms with Crippen LogP contribution in [0.4, 0.5) is 11.4 Å². The van der Waals surface area contributed by atoms with Gasteiger partial charge in [-0.15, -0.1) is 5.11 Å². The molecule has 120 valence electrons. The highest BCUT2D eigenvalue weighted by Crippen LogP contribution is 2.28. The molecule has 23 heavy (non-hydrogen) atoms. The van der Waals surface area contributed by atoms with E-state index in [0.29, 0.717) is 10.0 Å². The van der Waals surface area contributed by atoms with E-state index in [-0.39, 0.29) is 0 Å². The summed E-state index contributed by atoms with van der Waals surface area (Å²) < 4.78 is 1.03. The smallest absolute Gasteiger partial charge is 0.0875 e. The van der Waals surface area contributed by atoms with Crippen LogP contribution in [0.5, 0.6) is 0 Å². The van der Waals surface area contributed by atoms with Crippen molar-refractivity contribution in [2.75, 3.05) is 31.1 Å². The molecule has 3 rings (SSSR count). The third-order valence-electron chi connectivity index (χ3n) is 3.64. The minimum atomic E-state index is 0.581.